The number of hydrogen-bond acceptors (Lipinski definition) is 6. The lowest BCUT2D eigenvalue weighted by Crippen LogP contribution is -2.31. The molecule has 0 unspecified atom stereocenters. The molecule has 2 aromatic carbocycles. The smallest absolute Gasteiger partial charge is 0.316 e. The molecule has 0 saturated carbocycles. The molecule has 8 heteroatoms. The van der Waals surface area contributed by atoms with E-state index in [0.717, 1.165) is 5.57 Å². The van der Waals surface area contributed by atoms with Crippen LogP contribution in [0.5, 0.6) is 11.5 Å². The summed E-state index contributed by atoms with van der Waals surface area (Å²) >= 11 is 0. The fourth-order valence-electron chi connectivity index (χ4n) is 5.13. The summed E-state index contributed by atoms with van der Waals surface area (Å²) in [6.45, 7) is 2.15. The Morgan fingerprint density at radius 1 is 0.971 bits per heavy atom. The molecule has 2 fully saturated rings. The average Bonchev–Trinajstić information content (AvgIpc) is 3.36. The Morgan fingerprint density at radius 2 is 1.74 bits per heavy atom. The van der Waals surface area contributed by atoms with Gasteiger partial charge in [-0.3, -0.25) is 19.2 Å². The van der Waals surface area contributed by atoms with Crippen LogP contribution in [0.15, 0.2) is 60.2 Å². The normalized spacial score (nSPS) is 23.9. The average molecular weight is 475 g/mol. The lowest BCUT2D eigenvalue weighted by atomic mass is 9.82. The minimum atomic E-state index is -0.650. The Labute approximate surface area is 203 Å². The van der Waals surface area contributed by atoms with E-state index in [2.05, 4.69) is 0 Å². The van der Waals surface area contributed by atoms with Gasteiger partial charge in [-0.05, 0) is 44.0 Å². The second-order valence-electron chi connectivity index (χ2n) is 9.21. The quantitative estimate of drug-likeness (QED) is 0.285. The maximum Gasteiger partial charge on any atom is 0.316 e. The van der Waals surface area contributed by atoms with E-state index in [-0.39, 0.29) is 48.3 Å². The molecule has 0 spiro atoms. The standard InChI is InChI=1S/C27H26N2O6/c1-16-10-11-20-21(12-16)26(32)29(25(20)31)18-6-5-7-19(14-18)35-27(33)17-13-24(30)28(15-17)22-8-3-4-9-23(22)34-2/h3-10,14,17,20-21H,11-13,15H2,1-2H3/t17-,20-,21-/m1/s1. The van der Waals surface area contributed by atoms with Gasteiger partial charge < -0.3 is 14.4 Å². The summed E-state index contributed by atoms with van der Waals surface area (Å²) in [6.07, 6.45) is 3.18. The molecule has 3 atom stereocenters. The van der Waals surface area contributed by atoms with Crippen LogP contribution in [0.3, 0.4) is 0 Å². The Morgan fingerprint density at radius 3 is 2.54 bits per heavy atom. The van der Waals surface area contributed by atoms with E-state index < -0.39 is 11.9 Å². The van der Waals surface area contributed by atoms with Crippen LogP contribution < -0.4 is 19.3 Å². The molecule has 0 bridgehead atoms. The molecule has 180 valence electrons. The number of anilines is 2. The zero-order valence-corrected chi connectivity index (χ0v) is 19.6. The van der Waals surface area contributed by atoms with E-state index in [9.17, 15) is 19.2 Å². The Kier molecular flexibility index (Phi) is 5.88. The molecule has 8 nitrogen and oxygen atoms in total. The van der Waals surface area contributed by atoms with Gasteiger partial charge in [-0.1, -0.05) is 29.8 Å². The van der Waals surface area contributed by atoms with Gasteiger partial charge in [0.2, 0.25) is 17.7 Å². The first-order valence-electron chi connectivity index (χ1n) is 11.7. The highest BCUT2D eigenvalue weighted by Crippen LogP contribution is 2.40. The van der Waals surface area contributed by atoms with Crippen molar-refractivity contribution in [1.82, 2.24) is 0 Å². The molecule has 1 aliphatic carbocycles. The van der Waals surface area contributed by atoms with E-state index in [1.165, 1.54) is 23.0 Å². The van der Waals surface area contributed by atoms with Crippen molar-refractivity contribution < 1.29 is 28.7 Å². The second kappa shape index (κ2) is 9.02. The SMILES string of the molecule is COc1ccccc1N1C[C@H](C(=O)Oc2cccc(N3C(=O)[C@@H]4CC=C(C)C[C@H]4C3=O)c2)CC1=O. The highest BCUT2D eigenvalue weighted by atomic mass is 16.5. The van der Waals surface area contributed by atoms with Gasteiger partial charge in [0, 0.05) is 19.0 Å². The van der Waals surface area contributed by atoms with Crippen LogP contribution in [-0.4, -0.2) is 37.3 Å². The molecule has 0 radical (unpaired) electrons. The second-order valence-corrected chi connectivity index (χ2v) is 9.21. The number of esters is 1. The Bertz CT molecular complexity index is 1250. The number of imide groups is 1. The van der Waals surface area contributed by atoms with Gasteiger partial charge in [-0.2, -0.15) is 0 Å². The summed E-state index contributed by atoms with van der Waals surface area (Å²) in [7, 11) is 1.53. The van der Waals surface area contributed by atoms with E-state index in [1.54, 1.807) is 36.4 Å². The Balaban J connectivity index is 1.30. The number of allylic oxidation sites excluding steroid dienone is 2. The zero-order valence-electron chi connectivity index (χ0n) is 19.6. The molecular weight excluding hydrogens is 448 g/mol. The summed E-state index contributed by atoms with van der Waals surface area (Å²) in [5, 5.41) is 0. The van der Waals surface area contributed by atoms with Gasteiger partial charge >= 0.3 is 5.97 Å². The Hall–Kier alpha value is -3.94. The van der Waals surface area contributed by atoms with Gasteiger partial charge in [0.25, 0.3) is 0 Å². The molecule has 0 aromatic heterocycles. The minimum absolute atomic E-state index is 0.0232. The van der Waals surface area contributed by atoms with Crippen LogP contribution in [-0.2, 0) is 19.2 Å². The first kappa shape index (κ1) is 22.8. The number of methoxy groups -OCH3 is 1. The van der Waals surface area contributed by atoms with Gasteiger partial charge in [0.1, 0.15) is 11.5 Å². The van der Waals surface area contributed by atoms with Crippen LogP contribution in [0.2, 0.25) is 0 Å². The van der Waals surface area contributed by atoms with E-state index in [1.807, 2.05) is 19.1 Å². The van der Waals surface area contributed by atoms with Crippen LogP contribution in [0.25, 0.3) is 0 Å². The first-order valence-corrected chi connectivity index (χ1v) is 11.7. The largest absolute Gasteiger partial charge is 0.495 e. The number of carbonyl (C=O) groups excluding carboxylic acids is 4. The van der Waals surface area contributed by atoms with Crippen molar-refractivity contribution in [3.8, 4) is 11.5 Å². The van der Waals surface area contributed by atoms with Crippen molar-refractivity contribution in [3.63, 3.8) is 0 Å². The van der Waals surface area contributed by atoms with Crippen molar-refractivity contribution >= 4 is 35.1 Å². The predicted octanol–water partition coefficient (Wildman–Crippen LogP) is 3.50. The minimum Gasteiger partial charge on any atom is -0.495 e. The van der Waals surface area contributed by atoms with E-state index >= 15 is 0 Å². The molecule has 0 N–H and O–H groups in total. The number of hydrogen-bond donors (Lipinski definition) is 0. The maximum atomic E-state index is 13.0. The molecule has 2 aromatic rings. The summed E-state index contributed by atoms with van der Waals surface area (Å²) in [4.78, 5) is 54.3. The molecule has 2 heterocycles. The molecule has 5 rings (SSSR count). The number of carbonyl (C=O) groups is 4. The van der Waals surface area contributed by atoms with Crippen molar-refractivity contribution in [1.29, 1.82) is 0 Å². The van der Waals surface area contributed by atoms with Gasteiger partial charge in [0.15, 0.2) is 0 Å². The number of benzene rings is 2. The monoisotopic (exact) mass is 474 g/mol. The summed E-state index contributed by atoms with van der Waals surface area (Å²) < 4.78 is 10.9. The molecule has 2 saturated heterocycles. The summed E-state index contributed by atoms with van der Waals surface area (Å²) in [5.74, 6) is -1.74. The van der Waals surface area contributed by atoms with Crippen molar-refractivity contribution in [3.05, 3.63) is 60.2 Å². The van der Waals surface area contributed by atoms with E-state index in [4.69, 9.17) is 9.47 Å². The lowest BCUT2D eigenvalue weighted by Gasteiger charge is -2.19. The van der Waals surface area contributed by atoms with Crippen LogP contribution in [0.4, 0.5) is 11.4 Å². The zero-order chi connectivity index (χ0) is 24.7. The number of para-hydroxylation sites is 2. The van der Waals surface area contributed by atoms with Gasteiger partial charge in [0.05, 0.1) is 36.2 Å². The number of fused-ring (bicyclic) bond motifs is 1. The van der Waals surface area contributed by atoms with Crippen LogP contribution in [0.1, 0.15) is 26.2 Å². The topological polar surface area (TPSA) is 93.2 Å². The third-order valence-corrected chi connectivity index (χ3v) is 6.95. The van der Waals surface area contributed by atoms with Gasteiger partial charge in [-0.15, -0.1) is 0 Å². The fraction of sp³-hybridized carbons (Fsp3) is 0.333. The fourth-order valence-corrected chi connectivity index (χ4v) is 5.13. The van der Waals surface area contributed by atoms with Gasteiger partial charge in [-0.25, -0.2) is 4.90 Å². The number of ether oxygens (including phenoxy) is 2. The predicted molar refractivity (Wildman–Crippen MR) is 128 cm³/mol. The van der Waals surface area contributed by atoms with Crippen molar-refractivity contribution in [2.45, 2.75) is 26.2 Å². The highest BCUT2D eigenvalue weighted by Gasteiger charge is 2.48. The molecule has 3 aliphatic rings. The summed E-state index contributed by atoms with van der Waals surface area (Å²) in [6, 6.07) is 13.6. The molecule has 2 aliphatic heterocycles. The van der Waals surface area contributed by atoms with Crippen LogP contribution >= 0.6 is 0 Å². The maximum absolute atomic E-state index is 13.0. The third-order valence-electron chi connectivity index (χ3n) is 6.95. The number of rotatable bonds is 5. The third kappa shape index (κ3) is 4.09. The van der Waals surface area contributed by atoms with Crippen molar-refractivity contribution in [2.75, 3.05) is 23.5 Å². The summed E-state index contributed by atoms with van der Waals surface area (Å²) in [5.41, 5.74) is 2.11. The first-order chi connectivity index (χ1) is 16.9. The highest BCUT2D eigenvalue weighted by molar-refractivity contribution is 6.22. The number of amides is 3. The van der Waals surface area contributed by atoms with Crippen LogP contribution in [0, 0.1) is 17.8 Å². The van der Waals surface area contributed by atoms with Crippen molar-refractivity contribution in [2.24, 2.45) is 17.8 Å². The number of nitrogens with zero attached hydrogens (tertiary/aromatic N) is 2. The molecule has 35 heavy (non-hydrogen) atoms. The van der Waals surface area contributed by atoms with E-state index in [0.29, 0.717) is 30.0 Å². The molecular formula is C27H26N2O6. The molecule has 3 amide bonds. The lowest BCUT2D eigenvalue weighted by molar-refractivity contribution is -0.139.